The minimum Gasteiger partial charge on any atom is -0.294 e. The molecule has 0 N–H and O–H groups in total. The molecule has 2 aromatic rings. The first-order valence-corrected chi connectivity index (χ1v) is 4.39. The fraction of sp³-hybridized carbons (Fsp3) is 0.0833. The molecule has 0 spiro atoms. The topological polar surface area (TPSA) is 17.1 Å². The summed E-state index contributed by atoms with van der Waals surface area (Å²) in [5, 5.41) is 2.39. The van der Waals surface area contributed by atoms with Gasteiger partial charge in [0.15, 0.2) is 5.78 Å². The Labute approximate surface area is 76.0 Å². The lowest BCUT2D eigenvalue weighted by Gasteiger charge is -2.17. The van der Waals surface area contributed by atoms with E-state index >= 15 is 0 Å². The summed E-state index contributed by atoms with van der Waals surface area (Å²) >= 11 is 0. The molecule has 0 amide bonds. The van der Waals surface area contributed by atoms with Crippen LogP contribution in [0.25, 0.3) is 10.8 Å². The first-order valence-electron chi connectivity index (χ1n) is 4.39. The van der Waals surface area contributed by atoms with Gasteiger partial charge in [-0.05, 0) is 28.5 Å². The molecular formula is C12H8O. The quantitative estimate of drug-likeness (QED) is 0.590. The second-order valence-electron chi connectivity index (χ2n) is 3.46. The number of hydrogen-bond acceptors (Lipinski definition) is 1. The van der Waals surface area contributed by atoms with Gasteiger partial charge in [-0.15, -0.1) is 0 Å². The Kier molecular flexibility index (Phi) is 1.15. The highest BCUT2D eigenvalue weighted by molar-refractivity contribution is 6.09. The van der Waals surface area contributed by atoms with E-state index in [1.807, 2.05) is 24.3 Å². The molecule has 2 aromatic carbocycles. The van der Waals surface area contributed by atoms with E-state index in [4.69, 9.17) is 0 Å². The second-order valence-corrected chi connectivity index (χ2v) is 3.46. The summed E-state index contributed by atoms with van der Waals surface area (Å²) in [5.41, 5.74) is 2.11. The zero-order valence-electron chi connectivity index (χ0n) is 7.08. The van der Waals surface area contributed by atoms with Crippen LogP contribution >= 0.6 is 0 Å². The lowest BCUT2D eigenvalue weighted by molar-refractivity contribution is 0.0968. The molecule has 1 nitrogen and oxygen atoms in total. The zero-order chi connectivity index (χ0) is 8.84. The molecule has 3 rings (SSSR count). The average Bonchev–Trinajstić information content (AvgIpc) is 2.16. The molecular weight excluding hydrogens is 160 g/mol. The summed E-state index contributed by atoms with van der Waals surface area (Å²) in [7, 11) is 0. The van der Waals surface area contributed by atoms with Crippen LogP contribution in [0.5, 0.6) is 0 Å². The number of fused-ring (bicyclic) bond motifs is 2. The van der Waals surface area contributed by atoms with Gasteiger partial charge in [0, 0.05) is 12.0 Å². The summed E-state index contributed by atoms with van der Waals surface area (Å²) in [6.07, 6.45) is 0.625. The van der Waals surface area contributed by atoms with Crippen LogP contribution in [-0.4, -0.2) is 5.78 Å². The van der Waals surface area contributed by atoms with E-state index in [9.17, 15) is 4.79 Å². The van der Waals surface area contributed by atoms with Gasteiger partial charge in [0.1, 0.15) is 0 Å². The van der Waals surface area contributed by atoms with Crippen LogP contribution in [0, 0.1) is 0 Å². The summed E-state index contributed by atoms with van der Waals surface area (Å²) in [6.45, 7) is 0. The standard InChI is InChI=1S/C12H8O/c13-12-7-10-5-8-3-1-2-4-9(8)6-11(10)12/h1-6H,7H2. The van der Waals surface area contributed by atoms with E-state index in [0.29, 0.717) is 6.42 Å². The van der Waals surface area contributed by atoms with Gasteiger partial charge < -0.3 is 0 Å². The molecule has 1 aliphatic rings. The molecule has 62 valence electrons. The minimum atomic E-state index is 0.278. The third kappa shape index (κ3) is 0.842. The number of carbonyl (C=O) groups is 1. The van der Waals surface area contributed by atoms with E-state index in [-0.39, 0.29) is 5.78 Å². The highest BCUT2D eigenvalue weighted by Crippen LogP contribution is 2.27. The van der Waals surface area contributed by atoms with Crippen molar-refractivity contribution in [1.82, 2.24) is 0 Å². The number of benzene rings is 2. The van der Waals surface area contributed by atoms with Crippen molar-refractivity contribution in [1.29, 1.82) is 0 Å². The first kappa shape index (κ1) is 6.84. The van der Waals surface area contributed by atoms with Gasteiger partial charge in [-0.3, -0.25) is 4.79 Å². The maximum atomic E-state index is 11.2. The van der Waals surface area contributed by atoms with E-state index in [1.165, 1.54) is 10.9 Å². The Hall–Kier alpha value is -1.63. The van der Waals surface area contributed by atoms with Crippen molar-refractivity contribution in [3.8, 4) is 0 Å². The predicted molar refractivity (Wildman–Crippen MR) is 52.0 cm³/mol. The Morgan fingerprint density at radius 1 is 1.00 bits per heavy atom. The van der Waals surface area contributed by atoms with Crippen molar-refractivity contribution in [2.75, 3.05) is 0 Å². The molecule has 13 heavy (non-hydrogen) atoms. The van der Waals surface area contributed by atoms with Crippen LogP contribution in [0.15, 0.2) is 36.4 Å². The van der Waals surface area contributed by atoms with Gasteiger partial charge in [-0.25, -0.2) is 0 Å². The number of Topliss-reactive ketones (excluding diaryl/α,β-unsaturated/α-hetero) is 1. The molecule has 0 unspecified atom stereocenters. The average molecular weight is 168 g/mol. The van der Waals surface area contributed by atoms with Crippen LogP contribution in [0.2, 0.25) is 0 Å². The summed E-state index contributed by atoms with van der Waals surface area (Å²) in [6, 6.07) is 12.3. The lowest BCUT2D eigenvalue weighted by Crippen LogP contribution is -2.18. The van der Waals surface area contributed by atoms with Gasteiger partial charge in [0.05, 0.1) is 0 Å². The number of rotatable bonds is 0. The SMILES string of the molecule is O=C1Cc2cc3ccccc3cc21. The molecule has 0 aliphatic heterocycles. The molecule has 0 heterocycles. The number of ketones is 1. The largest absolute Gasteiger partial charge is 0.294 e. The predicted octanol–water partition coefficient (Wildman–Crippen LogP) is 2.58. The fourth-order valence-electron chi connectivity index (χ4n) is 1.85. The van der Waals surface area contributed by atoms with Crippen LogP contribution < -0.4 is 0 Å². The van der Waals surface area contributed by atoms with Crippen molar-refractivity contribution in [3.63, 3.8) is 0 Å². The van der Waals surface area contributed by atoms with E-state index in [1.54, 1.807) is 0 Å². The third-order valence-electron chi connectivity index (χ3n) is 2.62. The smallest absolute Gasteiger partial charge is 0.167 e. The first-order chi connectivity index (χ1) is 6.34. The molecule has 0 radical (unpaired) electrons. The highest BCUT2D eigenvalue weighted by Gasteiger charge is 2.22. The molecule has 0 fully saturated rings. The third-order valence-corrected chi connectivity index (χ3v) is 2.62. The summed E-state index contributed by atoms with van der Waals surface area (Å²) < 4.78 is 0. The Balaban J connectivity index is 2.41. The van der Waals surface area contributed by atoms with Crippen molar-refractivity contribution >= 4 is 16.6 Å². The van der Waals surface area contributed by atoms with E-state index in [0.717, 1.165) is 10.9 Å². The van der Waals surface area contributed by atoms with Crippen LogP contribution in [0.4, 0.5) is 0 Å². The van der Waals surface area contributed by atoms with Gasteiger partial charge in [0.2, 0.25) is 0 Å². The van der Waals surface area contributed by atoms with Gasteiger partial charge in [-0.1, -0.05) is 24.3 Å². The van der Waals surface area contributed by atoms with Crippen molar-refractivity contribution in [2.45, 2.75) is 6.42 Å². The van der Waals surface area contributed by atoms with Crippen LogP contribution in [-0.2, 0) is 6.42 Å². The molecule has 0 aromatic heterocycles. The van der Waals surface area contributed by atoms with Crippen LogP contribution in [0.3, 0.4) is 0 Å². The minimum absolute atomic E-state index is 0.278. The van der Waals surface area contributed by atoms with E-state index in [2.05, 4.69) is 12.1 Å². The molecule has 0 bridgehead atoms. The molecule has 0 atom stereocenters. The zero-order valence-corrected chi connectivity index (χ0v) is 7.08. The molecule has 0 saturated carbocycles. The number of hydrogen-bond donors (Lipinski definition) is 0. The monoisotopic (exact) mass is 168 g/mol. The highest BCUT2D eigenvalue weighted by atomic mass is 16.1. The Morgan fingerprint density at radius 3 is 2.38 bits per heavy atom. The molecule has 1 aliphatic carbocycles. The van der Waals surface area contributed by atoms with Crippen molar-refractivity contribution < 1.29 is 4.79 Å². The maximum Gasteiger partial charge on any atom is 0.167 e. The van der Waals surface area contributed by atoms with Gasteiger partial charge in [0.25, 0.3) is 0 Å². The number of carbonyl (C=O) groups excluding carboxylic acids is 1. The van der Waals surface area contributed by atoms with Gasteiger partial charge in [-0.2, -0.15) is 0 Å². The van der Waals surface area contributed by atoms with Crippen molar-refractivity contribution in [3.05, 3.63) is 47.5 Å². The Morgan fingerprint density at radius 2 is 1.69 bits per heavy atom. The normalized spacial score (nSPS) is 14.0. The molecule has 0 saturated heterocycles. The van der Waals surface area contributed by atoms with Crippen molar-refractivity contribution in [2.24, 2.45) is 0 Å². The van der Waals surface area contributed by atoms with Gasteiger partial charge >= 0.3 is 0 Å². The summed E-state index contributed by atoms with van der Waals surface area (Å²) in [4.78, 5) is 11.2. The van der Waals surface area contributed by atoms with E-state index < -0.39 is 0 Å². The second kappa shape index (κ2) is 2.19. The summed E-state index contributed by atoms with van der Waals surface area (Å²) in [5.74, 6) is 0.278. The molecule has 1 heteroatoms. The lowest BCUT2D eigenvalue weighted by atomic mass is 9.85. The Bertz CT molecular complexity index is 512. The maximum absolute atomic E-state index is 11.2. The fourth-order valence-corrected chi connectivity index (χ4v) is 1.85. The van der Waals surface area contributed by atoms with Crippen LogP contribution in [0.1, 0.15) is 15.9 Å².